The zero-order valence-electron chi connectivity index (χ0n) is 21.0. The summed E-state index contributed by atoms with van der Waals surface area (Å²) in [4.78, 5) is 29.0. The highest BCUT2D eigenvalue weighted by atomic mass is 32.2. The maximum Gasteiger partial charge on any atom is 0.324 e. The summed E-state index contributed by atoms with van der Waals surface area (Å²) in [5, 5.41) is 16.4. The first-order valence-corrected chi connectivity index (χ1v) is 15.0. The molecule has 4 rings (SSSR count). The molecule has 0 saturated heterocycles. The number of hydrogen-bond acceptors (Lipinski definition) is 9. The second kappa shape index (κ2) is 12.1. The van der Waals surface area contributed by atoms with Crippen LogP contribution in [-0.4, -0.2) is 47.8 Å². The van der Waals surface area contributed by atoms with Gasteiger partial charge in [-0.1, -0.05) is 36.5 Å². The molecule has 0 spiro atoms. The molecule has 4 aromatic rings. The van der Waals surface area contributed by atoms with Crippen molar-refractivity contribution in [3.8, 4) is 0 Å². The van der Waals surface area contributed by atoms with Gasteiger partial charge in [-0.3, -0.25) is 14.9 Å². The van der Waals surface area contributed by atoms with E-state index >= 15 is 0 Å². The molecule has 14 heteroatoms. The number of carbonyl (C=O) groups excluding carboxylic acids is 1. The van der Waals surface area contributed by atoms with Gasteiger partial charge in [-0.2, -0.15) is 14.4 Å². The number of rotatable bonds is 11. The van der Waals surface area contributed by atoms with Crippen molar-refractivity contribution in [3.05, 3.63) is 81.0 Å². The molecule has 0 N–H and O–H groups in total. The highest BCUT2D eigenvalue weighted by Gasteiger charge is 2.25. The number of fused-ring (bicyclic) bond motifs is 1. The van der Waals surface area contributed by atoms with Crippen LogP contribution in [0.25, 0.3) is 10.2 Å². The van der Waals surface area contributed by atoms with Gasteiger partial charge in [0.05, 0.1) is 31.1 Å². The first kappa shape index (κ1) is 28.4. The smallest absolute Gasteiger partial charge is 0.267 e. The Hall–Kier alpha value is -3.59. The number of benzene rings is 2. The molecule has 10 nitrogen and oxygen atoms in total. The van der Waals surface area contributed by atoms with Gasteiger partial charge in [-0.05, 0) is 61.4 Å². The number of sulfonamides is 1. The highest BCUT2D eigenvalue weighted by molar-refractivity contribution is 7.89. The topological polar surface area (TPSA) is 126 Å². The molecule has 0 saturated carbocycles. The molecule has 0 bridgehead atoms. The molecular weight excluding hydrogens is 566 g/mol. The average molecular weight is 590 g/mol. The van der Waals surface area contributed by atoms with Crippen LogP contribution in [0.1, 0.15) is 41.9 Å². The molecule has 2 aromatic heterocycles. The molecule has 1 amide bonds. The van der Waals surface area contributed by atoms with Crippen LogP contribution in [0, 0.1) is 15.9 Å². The van der Waals surface area contributed by atoms with E-state index in [4.69, 9.17) is 0 Å². The van der Waals surface area contributed by atoms with E-state index in [1.807, 2.05) is 13.8 Å². The highest BCUT2D eigenvalue weighted by Crippen LogP contribution is 2.31. The molecule has 0 aliphatic rings. The largest absolute Gasteiger partial charge is 0.324 e. The van der Waals surface area contributed by atoms with E-state index in [0.29, 0.717) is 41.0 Å². The van der Waals surface area contributed by atoms with E-state index in [1.165, 1.54) is 65.1 Å². The Morgan fingerprint density at radius 3 is 2.38 bits per heavy atom. The third-order valence-electron chi connectivity index (χ3n) is 5.49. The maximum atomic E-state index is 13.8. The number of amides is 1. The second-order valence-corrected chi connectivity index (χ2v) is 12.4. The first-order chi connectivity index (χ1) is 18.6. The molecule has 2 aromatic carbocycles. The minimum atomic E-state index is -3.73. The number of carbonyl (C=O) groups is 1. The average Bonchev–Trinajstić information content (AvgIpc) is 3.56. The SMILES string of the molecule is CCCN(CCC)S(=O)(=O)c1ccc(C(=O)N(/N=C/c2ccc([N+](=O)[O-])s2)c2nc3ccc(F)cc3s2)cc1. The minimum absolute atomic E-state index is 0.0670. The Kier molecular flexibility index (Phi) is 8.80. The van der Waals surface area contributed by atoms with Crippen molar-refractivity contribution in [2.24, 2.45) is 5.10 Å². The van der Waals surface area contributed by atoms with Crippen LogP contribution in [0.4, 0.5) is 14.5 Å². The van der Waals surface area contributed by atoms with Gasteiger partial charge in [0.25, 0.3) is 5.91 Å². The first-order valence-electron chi connectivity index (χ1n) is 11.9. The third kappa shape index (κ3) is 6.36. The van der Waals surface area contributed by atoms with Crippen LogP contribution in [0.3, 0.4) is 0 Å². The molecular formula is C25H24FN5O5S3. The molecule has 0 aliphatic heterocycles. The normalized spacial score (nSPS) is 12.0. The number of thiazole rings is 1. The van der Waals surface area contributed by atoms with Crippen LogP contribution in [0.15, 0.2) is 64.6 Å². The van der Waals surface area contributed by atoms with Crippen molar-refractivity contribution >= 4 is 65.2 Å². The minimum Gasteiger partial charge on any atom is -0.267 e. The van der Waals surface area contributed by atoms with Gasteiger partial charge >= 0.3 is 5.00 Å². The zero-order valence-corrected chi connectivity index (χ0v) is 23.4. The van der Waals surface area contributed by atoms with E-state index in [-0.39, 0.29) is 20.6 Å². The fraction of sp³-hybridized carbons (Fsp3) is 0.240. The lowest BCUT2D eigenvalue weighted by atomic mass is 10.2. The zero-order chi connectivity index (χ0) is 28.2. The van der Waals surface area contributed by atoms with Gasteiger partial charge in [-0.15, -0.1) is 0 Å². The Bertz CT molecular complexity index is 1630. The maximum absolute atomic E-state index is 13.8. The fourth-order valence-corrected chi connectivity index (χ4v) is 6.94. The molecule has 2 heterocycles. The number of thiophene rings is 1. The van der Waals surface area contributed by atoms with Gasteiger partial charge in [0.2, 0.25) is 15.2 Å². The molecule has 0 fully saturated rings. The van der Waals surface area contributed by atoms with Gasteiger partial charge in [0.1, 0.15) is 5.82 Å². The van der Waals surface area contributed by atoms with Crippen molar-refractivity contribution in [1.82, 2.24) is 9.29 Å². The Balaban J connectivity index is 1.69. The van der Waals surface area contributed by atoms with Crippen molar-refractivity contribution in [2.75, 3.05) is 18.1 Å². The molecule has 0 radical (unpaired) electrons. The van der Waals surface area contributed by atoms with E-state index in [0.717, 1.165) is 27.7 Å². The summed E-state index contributed by atoms with van der Waals surface area (Å²) in [6.45, 7) is 4.58. The fourth-order valence-electron chi connectivity index (χ4n) is 3.68. The quantitative estimate of drug-likeness (QED) is 0.122. The van der Waals surface area contributed by atoms with Crippen molar-refractivity contribution in [1.29, 1.82) is 0 Å². The van der Waals surface area contributed by atoms with Crippen LogP contribution in [0.5, 0.6) is 0 Å². The molecule has 39 heavy (non-hydrogen) atoms. The second-order valence-electron chi connectivity index (χ2n) is 8.33. The number of anilines is 1. The van der Waals surface area contributed by atoms with Gasteiger partial charge < -0.3 is 0 Å². The lowest BCUT2D eigenvalue weighted by Crippen LogP contribution is -2.32. The van der Waals surface area contributed by atoms with E-state index in [9.17, 15) is 27.7 Å². The number of nitrogens with zero attached hydrogens (tertiary/aromatic N) is 5. The summed E-state index contributed by atoms with van der Waals surface area (Å²) in [6.07, 6.45) is 2.64. The van der Waals surface area contributed by atoms with Crippen LogP contribution < -0.4 is 5.01 Å². The van der Waals surface area contributed by atoms with Crippen molar-refractivity contribution in [2.45, 2.75) is 31.6 Å². The Morgan fingerprint density at radius 1 is 1.08 bits per heavy atom. The summed E-state index contributed by atoms with van der Waals surface area (Å²) in [7, 11) is -3.73. The summed E-state index contributed by atoms with van der Waals surface area (Å²) >= 11 is 1.93. The van der Waals surface area contributed by atoms with Crippen LogP contribution in [-0.2, 0) is 10.0 Å². The molecule has 0 unspecified atom stereocenters. The summed E-state index contributed by atoms with van der Waals surface area (Å²) in [5.74, 6) is -1.07. The summed E-state index contributed by atoms with van der Waals surface area (Å²) in [6, 6.07) is 12.4. The van der Waals surface area contributed by atoms with Gasteiger partial charge in [-0.25, -0.2) is 17.8 Å². The van der Waals surface area contributed by atoms with Crippen molar-refractivity contribution in [3.63, 3.8) is 0 Å². The van der Waals surface area contributed by atoms with Gasteiger partial charge in [0.15, 0.2) is 0 Å². The number of nitro groups is 1. The molecule has 204 valence electrons. The molecule has 0 aliphatic carbocycles. The Labute approximate surface area is 232 Å². The number of halogens is 1. The molecule has 0 atom stereocenters. The monoisotopic (exact) mass is 589 g/mol. The van der Waals surface area contributed by atoms with Crippen LogP contribution in [0.2, 0.25) is 0 Å². The lowest BCUT2D eigenvalue weighted by molar-refractivity contribution is -0.380. The van der Waals surface area contributed by atoms with Crippen molar-refractivity contribution < 1.29 is 22.5 Å². The third-order valence-corrected chi connectivity index (χ3v) is 9.37. The van der Waals surface area contributed by atoms with E-state index in [2.05, 4.69) is 10.1 Å². The summed E-state index contributed by atoms with van der Waals surface area (Å²) < 4.78 is 41.9. The predicted octanol–water partition coefficient (Wildman–Crippen LogP) is 5.90. The Morgan fingerprint density at radius 2 is 1.77 bits per heavy atom. The standard InChI is InChI=1S/C25H24FN5O5S3/c1-3-13-29(14-4-2)39(35,36)20-9-5-17(6-10-20)24(32)30(27-16-19-8-12-23(37-19)31(33)34)25-28-21-11-7-18(26)15-22(21)38-25/h5-12,15-16H,3-4,13-14H2,1-2H3/b27-16+. The van der Waals surface area contributed by atoms with E-state index in [1.54, 1.807) is 0 Å². The number of aromatic nitrogens is 1. The predicted molar refractivity (Wildman–Crippen MR) is 151 cm³/mol. The summed E-state index contributed by atoms with van der Waals surface area (Å²) in [5.41, 5.74) is 0.607. The van der Waals surface area contributed by atoms with Crippen LogP contribution >= 0.6 is 22.7 Å². The van der Waals surface area contributed by atoms with E-state index < -0.39 is 26.7 Å². The number of hydrogen-bond donors (Lipinski definition) is 0. The van der Waals surface area contributed by atoms with Gasteiger partial charge in [0, 0.05) is 24.7 Å². The lowest BCUT2D eigenvalue weighted by Gasteiger charge is -2.21. The number of hydrazone groups is 1.